The van der Waals surface area contributed by atoms with E-state index in [9.17, 15) is 0 Å². The molecule has 1 atom stereocenters. The summed E-state index contributed by atoms with van der Waals surface area (Å²) in [5, 5.41) is 3.06. The van der Waals surface area contributed by atoms with Crippen LogP contribution in [0.2, 0.25) is 0 Å². The van der Waals surface area contributed by atoms with Gasteiger partial charge in [0.1, 0.15) is 0 Å². The number of nitrogens with two attached hydrogens (primary N) is 1. The van der Waals surface area contributed by atoms with E-state index in [0.717, 1.165) is 24.0 Å². The molecule has 0 radical (unpaired) electrons. The Morgan fingerprint density at radius 1 is 1.62 bits per heavy atom. The van der Waals surface area contributed by atoms with Crippen molar-refractivity contribution in [3.8, 4) is 0 Å². The normalized spacial score (nSPS) is 21.0. The number of nitrogens with zero attached hydrogens (tertiary/aromatic N) is 2. The van der Waals surface area contributed by atoms with E-state index in [0.29, 0.717) is 12.6 Å². The molecule has 2 N–H and O–H groups in total. The smallest absolute Gasteiger partial charge is 0.185 e. The van der Waals surface area contributed by atoms with Gasteiger partial charge in [-0.2, -0.15) is 0 Å². The summed E-state index contributed by atoms with van der Waals surface area (Å²) < 4.78 is 5.71. The highest BCUT2D eigenvalue weighted by Gasteiger charge is 2.17. The minimum atomic E-state index is 0.365. The minimum Gasteiger partial charge on any atom is -0.376 e. The second-order valence-electron chi connectivity index (χ2n) is 4.19. The topological polar surface area (TPSA) is 51.4 Å². The van der Waals surface area contributed by atoms with Gasteiger partial charge in [-0.15, -0.1) is 11.3 Å². The van der Waals surface area contributed by atoms with Crippen LogP contribution in [-0.2, 0) is 11.3 Å². The number of hydrogen-bond acceptors (Lipinski definition) is 5. The second kappa shape index (κ2) is 5.61. The monoisotopic (exact) mass is 241 g/mol. The second-order valence-corrected chi connectivity index (χ2v) is 5.03. The van der Waals surface area contributed by atoms with Gasteiger partial charge < -0.3 is 15.4 Å². The maximum atomic E-state index is 5.71. The lowest BCUT2D eigenvalue weighted by molar-refractivity contribution is 0.0216. The molecule has 0 saturated carbocycles. The zero-order valence-corrected chi connectivity index (χ0v) is 10.5. The molecule has 90 valence electrons. The Morgan fingerprint density at radius 2 is 2.50 bits per heavy atom. The van der Waals surface area contributed by atoms with E-state index in [1.807, 2.05) is 5.38 Å². The molecule has 1 aliphatic heterocycles. The van der Waals surface area contributed by atoms with Crippen molar-refractivity contribution in [2.45, 2.75) is 31.9 Å². The number of anilines is 1. The molecule has 1 aromatic heterocycles. The molecule has 0 amide bonds. The first-order chi connectivity index (χ1) is 7.79. The van der Waals surface area contributed by atoms with Gasteiger partial charge in [-0.05, 0) is 19.3 Å². The number of hydrogen-bond donors (Lipinski definition) is 1. The van der Waals surface area contributed by atoms with Crippen LogP contribution in [0.5, 0.6) is 0 Å². The summed E-state index contributed by atoms with van der Waals surface area (Å²) in [7, 11) is 2.07. The number of thiazole rings is 1. The van der Waals surface area contributed by atoms with Crippen LogP contribution in [0, 0.1) is 0 Å². The fourth-order valence-electron chi connectivity index (χ4n) is 1.90. The van der Waals surface area contributed by atoms with Crippen molar-refractivity contribution in [2.24, 2.45) is 5.73 Å². The van der Waals surface area contributed by atoms with Gasteiger partial charge in [-0.25, -0.2) is 4.98 Å². The summed E-state index contributed by atoms with van der Waals surface area (Å²) in [6.07, 6.45) is 4.02. The van der Waals surface area contributed by atoms with Crippen molar-refractivity contribution in [3.63, 3.8) is 0 Å². The van der Waals surface area contributed by atoms with Gasteiger partial charge in [0.25, 0.3) is 0 Å². The third-order valence-electron chi connectivity index (χ3n) is 2.83. The summed E-state index contributed by atoms with van der Waals surface area (Å²) in [4.78, 5) is 6.62. The molecule has 1 aromatic rings. The predicted octanol–water partition coefficient (Wildman–Crippen LogP) is 1.61. The van der Waals surface area contributed by atoms with Crippen molar-refractivity contribution in [1.82, 2.24) is 4.98 Å². The summed E-state index contributed by atoms with van der Waals surface area (Å²) >= 11 is 1.65. The lowest BCUT2D eigenvalue weighted by Crippen LogP contribution is -2.33. The van der Waals surface area contributed by atoms with Crippen LogP contribution in [0.1, 0.15) is 25.0 Å². The zero-order chi connectivity index (χ0) is 11.4. The number of aromatic nitrogens is 1. The van der Waals surface area contributed by atoms with Gasteiger partial charge in [0.2, 0.25) is 0 Å². The van der Waals surface area contributed by atoms with Crippen molar-refractivity contribution in [3.05, 3.63) is 11.1 Å². The SMILES string of the molecule is CN(CC1CCCCO1)c1nc(CN)cs1. The lowest BCUT2D eigenvalue weighted by Gasteiger charge is -2.27. The lowest BCUT2D eigenvalue weighted by atomic mass is 10.1. The van der Waals surface area contributed by atoms with Crippen molar-refractivity contribution >= 4 is 16.5 Å². The van der Waals surface area contributed by atoms with E-state index in [4.69, 9.17) is 10.5 Å². The molecular formula is C11H19N3OS. The molecule has 1 saturated heterocycles. The minimum absolute atomic E-state index is 0.365. The number of likely N-dealkylation sites (N-methyl/N-ethyl adjacent to an activating group) is 1. The van der Waals surface area contributed by atoms with Crippen LogP contribution >= 0.6 is 11.3 Å². The average molecular weight is 241 g/mol. The van der Waals surface area contributed by atoms with Crippen LogP contribution < -0.4 is 10.6 Å². The Labute approximate surface area is 100 Å². The molecule has 1 fully saturated rings. The van der Waals surface area contributed by atoms with E-state index in [1.54, 1.807) is 11.3 Å². The van der Waals surface area contributed by atoms with Gasteiger partial charge in [-0.3, -0.25) is 0 Å². The first-order valence-corrected chi connectivity index (χ1v) is 6.65. The Balaban J connectivity index is 1.88. The largest absolute Gasteiger partial charge is 0.376 e. The van der Waals surface area contributed by atoms with Crippen LogP contribution in [0.4, 0.5) is 5.13 Å². The van der Waals surface area contributed by atoms with Crippen molar-refractivity contribution in [1.29, 1.82) is 0 Å². The van der Waals surface area contributed by atoms with E-state index >= 15 is 0 Å². The summed E-state index contributed by atoms with van der Waals surface area (Å²) in [6, 6.07) is 0. The van der Waals surface area contributed by atoms with Crippen LogP contribution in [-0.4, -0.2) is 31.3 Å². The van der Waals surface area contributed by atoms with E-state index in [1.165, 1.54) is 19.3 Å². The van der Waals surface area contributed by atoms with Crippen LogP contribution in [0.25, 0.3) is 0 Å². The highest BCUT2D eigenvalue weighted by Crippen LogP contribution is 2.21. The molecule has 0 spiro atoms. The Hall–Kier alpha value is -0.650. The molecule has 1 aliphatic rings. The van der Waals surface area contributed by atoms with Crippen molar-refractivity contribution in [2.75, 3.05) is 25.1 Å². The molecule has 4 nitrogen and oxygen atoms in total. The van der Waals surface area contributed by atoms with Gasteiger partial charge in [0.15, 0.2) is 5.13 Å². The molecule has 5 heteroatoms. The van der Waals surface area contributed by atoms with E-state index in [2.05, 4.69) is 16.9 Å². The van der Waals surface area contributed by atoms with Crippen LogP contribution in [0.15, 0.2) is 5.38 Å². The Kier molecular flexibility index (Phi) is 4.15. The molecular weight excluding hydrogens is 222 g/mol. The number of rotatable bonds is 4. The van der Waals surface area contributed by atoms with Crippen LogP contribution in [0.3, 0.4) is 0 Å². The third-order valence-corrected chi connectivity index (χ3v) is 3.83. The molecule has 2 rings (SSSR count). The maximum absolute atomic E-state index is 5.71. The predicted molar refractivity (Wildman–Crippen MR) is 66.9 cm³/mol. The Morgan fingerprint density at radius 3 is 3.12 bits per heavy atom. The zero-order valence-electron chi connectivity index (χ0n) is 9.69. The van der Waals surface area contributed by atoms with Crippen molar-refractivity contribution < 1.29 is 4.74 Å². The fraction of sp³-hybridized carbons (Fsp3) is 0.727. The summed E-state index contributed by atoms with van der Waals surface area (Å²) in [6.45, 7) is 2.35. The Bertz CT molecular complexity index is 323. The highest BCUT2D eigenvalue weighted by atomic mass is 32.1. The van der Waals surface area contributed by atoms with Gasteiger partial charge in [-0.1, -0.05) is 0 Å². The number of ether oxygens (including phenoxy) is 1. The standard InChI is InChI=1S/C11H19N3OS/c1-14(7-10-4-2-3-5-15-10)11-13-9(6-12)8-16-11/h8,10H,2-7,12H2,1H3. The summed E-state index contributed by atoms with van der Waals surface area (Å²) in [5.41, 5.74) is 6.52. The van der Waals surface area contributed by atoms with E-state index < -0.39 is 0 Å². The maximum Gasteiger partial charge on any atom is 0.185 e. The molecule has 0 aromatic carbocycles. The highest BCUT2D eigenvalue weighted by molar-refractivity contribution is 7.13. The summed E-state index contributed by atoms with van der Waals surface area (Å²) in [5.74, 6) is 0. The first kappa shape index (κ1) is 11.8. The van der Waals surface area contributed by atoms with Gasteiger partial charge >= 0.3 is 0 Å². The van der Waals surface area contributed by atoms with Gasteiger partial charge in [0, 0.05) is 32.1 Å². The molecule has 0 bridgehead atoms. The quantitative estimate of drug-likeness (QED) is 0.870. The molecule has 2 heterocycles. The van der Waals surface area contributed by atoms with E-state index in [-0.39, 0.29) is 0 Å². The average Bonchev–Trinajstić information content (AvgIpc) is 2.79. The fourth-order valence-corrected chi connectivity index (χ4v) is 2.72. The van der Waals surface area contributed by atoms with Gasteiger partial charge in [0.05, 0.1) is 11.8 Å². The molecule has 16 heavy (non-hydrogen) atoms. The molecule has 0 aliphatic carbocycles. The first-order valence-electron chi connectivity index (χ1n) is 5.77. The molecule has 1 unspecified atom stereocenters. The third kappa shape index (κ3) is 2.93.